The van der Waals surface area contributed by atoms with Crippen LogP contribution < -0.4 is 0 Å². The number of hydrogen-bond donors (Lipinski definition) is 0. The molecule has 0 fully saturated rings. The summed E-state index contributed by atoms with van der Waals surface area (Å²) in [7, 11) is 0. The van der Waals surface area contributed by atoms with Crippen LogP contribution in [0.15, 0.2) is 52.3 Å². The van der Waals surface area contributed by atoms with E-state index in [1.165, 1.54) is 0 Å². The number of ketones is 1. The zero-order chi connectivity index (χ0) is 13.4. The molecule has 1 heterocycles. The number of carbonyl (C=O) groups excluding carboxylic acids is 1. The average molecular weight is 352 g/mol. The maximum atomic E-state index is 12.6. The smallest absolute Gasteiger partial charge is 0.196 e. The van der Waals surface area contributed by atoms with Crippen LogP contribution in [0.5, 0.6) is 0 Å². The maximum absolute atomic E-state index is 12.6. The summed E-state index contributed by atoms with van der Waals surface area (Å²) < 4.78 is 1.74. The molecular formula is C15H8BrClOS. The van der Waals surface area contributed by atoms with Crippen molar-refractivity contribution >= 4 is 54.7 Å². The third-order valence-electron chi connectivity index (χ3n) is 2.92. The van der Waals surface area contributed by atoms with Gasteiger partial charge in [-0.3, -0.25) is 4.79 Å². The zero-order valence-corrected chi connectivity index (χ0v) is 12.8. The molecule has 1 nitrogen and oxygen atoms in total. The first-order valence-electron chi connectivity index (χ1n) is 5.63. The SMILES string of the molecule is O=C(c1cccc(Br)c1Cl)c1cccc2ccsc12. The lowest BCUT2D eigenvalue weighted by Gasteiger charge is -2.06. The molecule has 2 aromatic carbocycles. The molecule has 3 aromatic rings. The minimum absolute atomic E-state index is 0.0423. The summed E-state index contributed by atoms with van der Waals surface area (Å²) in [5, 5.41) is 3.53. The summed E-state index contributed by atoms with van der Waals surface area (Å²) in [4.78, 5) is 12.6. The fraction of sp³-hybridized carbons (Fsp3) is 0. The molecule has 0 aliphatic carbocycles. The second kappa shape index (κ2) is 5.08. The van der Waals surface area contributed by atoms with Crippen molar-refractivity contribution in [3.63, 3.8) is 0 Å². The summed E-state index contributed by atoms with van der Waals surface area (Å²) >= 11 is 11.1. The summed E-state index contributed by atoms with van der Waals surface area (Å²) in [6.07, 6.45) is 0. The van der Waals surface area contributed by atoms with Gasteiger partial charge < -0.3 is 0 Å². The van der Waals surface area contributed by atoms with E-state index in [2.05, 4.69) is 15.9 Å². The molecule has 0 spiro atoms. The second-order valence-electron chi connectivity index (χ2n) is 4.08. The van der Waals surface area contributed by atoms with Gasteiger partial charge in [-0.15, -0.1) is 11.3 Å². The highest BCUT2D eigenvalue weighted by Crippen LogP contribution is 2.31. The summed E-state index contributed by atoms with van der Waals surface area (Å²) in [5.41, 5.74) is 1.23. The number of rotatable bonds is 2. The van der Waals surface area contributed by atoms with Gasteiger partial charge in [0, 0.05) is 20.3 Å². The van der Waals surface area contributed by atoms with Crippen LogP contribution in [0.2, 0.25) is 5.02 Å². The molecule has 1 aromatic heterocycles. The Bertz CT molecular complexity index is 779. The second-order valence-corrected chi connectivity index (χ2v) is 6.22. The van der Waals surface area contributed by atoms with Gasteiger partial charge >= 0.3 is 0 Å². The van der Waals surface area contributed by atoms with E-state index in [1.807, 2.05) is 41.8 Å². The van der Waals surface area contributed by atoms with E-state index in [0.717, 1.165) is 14.6 Å². The molecule has 94 valence electrons. The monoisotopic (exact) mass is 350 g/mol. The number of halogens is 2. The van der Waals surface area contributed by atoms with E-state index in [-0.39, 0.29) is 5.78 Å². The third-order valence-corrected chi connectivity index (χ3v) is 5.18. The lowest BCUT2D eigenvalue weighted by molar-refractivity contribution is 0.104. The van der Waals surface area contributed by atoms with Crippen molar-refractivity contribution in [2.75, 3.05) is 0 Å². The van der Waals surface area contributed by atoms with Crippen molar-refractivity contribution in [2.45, 2.75) is 0 Å². The first kappa shape index (κ1) is 12.9. The van der Waals surface area contributed by atoms with Crippen LogP contribution in [0.1, 0.15) is 15.9 Å². The van der Waals surface area contributed by atoms with Crippen LogP contribution in [0.4, 0.5) is 0 Å². The highest BCUT2D eigenvalue weighted by Gasteiger charge is 2.17. The number of hydrogen-bond acceptors (Lipinski definition) is 2. The summed E-state index contributed by atoms with van der Waals surface area (Å²) in [6, 6.07) is 13.2. The van der Waals surface area contributed by atoms with Crippen LogP contribution >= 0.6 is 38.9 Å². The van der Waals surface area contributed by atoms with Crippen molar-refractivity contribution in [1.29, 1.82) is 0 Å². The number of fused-ring (bicyclic) bond motifs is 1. The van der Waals surface area contributed by atoms with Gasteiger partial charge in [-0.25, -0.2) is 0 Å². The van der Waals surface area contributed by atoms with Gasteiger partial charge in [0.05, 0.1) is 5.02 Å². The third kappa shape index (κ3) is 2.22. The van der Waals surface area contributed by atoms with Crippen LogP contribution in [0, 0.1) is 0 Å². The van der Waals surface area contributed by atoms with Crippen molar-refractivity contribution in [3.8, 4) is 0 Å². The molecule has 3 rings (SSSR count). The molecule has 0 aliphatic heterocycles. The van der Waals surface area contributed by atoms with Crippen LogP contribution in [0.25, 0.3) is 10.1 Å². The molecule has 19 heavy (non-hydrogen) atoms. The predicted molar refractivity (Wildman–Crippen MR) is 84.4 cm³/mol. The molecule has 0 radical (unpaired) electrons. The molecule has 0 aliphatic rings. The molecular weight excluding hydrogens is 344 g/mol. The quantitative estimate of drug-likeness (QED) is 0.553. The van der Waals surface area contributed by atoms with Gasteiger partial charge in [0.15, 0.2) is 5.78 Å². The average Bonchev–Trinajstić information content (AvgIpc) is 2.89. The zero-order valence-electron chi connectivity index (χ0n) is 9.69. The minimum atomic E-state index is -0.0423. The molecule has 0 amide bonds. The summed E-state index contributed by atoms with van der Waals surface area (Å²) in [5.74, 6) is -0.0423. The Labute approximate surface area is 128 Å². The first-order chi connectivity index (χ1) is 9.18. The Balaban J connectivity index is 2.19. The molecule has 0 unspecified atom stereocenters. The molecule has 0 saturated carbocycles. The van der Waals surface area contributed by atoms with Gasteiger partial charge in [0.1, 0.15) is 0 Å². The molecule has 0 saturated heterocycles. The van der Waals surface area contributed by atoms with Gasteiger partial charge in [0.25, 0.3) is 0 Å². The highest BCUT2D eigenvalue weighted by molar-refractivity contribution is 9.10. The van der Waals surface area contributed by atoms with E-state index in [9.17, 15) is 4.79 Å². The maximum Gasteiger partial charge on any atom is 0.196 e. The van der Waals surface area contributed by atoms with Gasteiger partial charge in [0.2, 0.25) is 0 Å². The lowest BCUT2D eigenvalue weighted by atomic mass is 10.0. The van der Waals surface area contributed by atoms with Crippen LogP contribution in [-0.4, -0.2) is 5.78 Å². The highest BCUT2D eigenvalue weighted by atomic mass is 79.9. The van der Waals surface area contributed by atoms with E-state index < -0.39 is 0 Å². The van der Waals surface area contributed by atoms with E-state index in [0.29, 0.717) is 16.1 Å². The normalized spacial score (nSPS) is 10.8. The number of thiophene rings is 1. The Morgan fingerprint density at radius 2 is 1.79 bits per heavy atom. The fourth-order valence-corrected chi connectivity index (χ4v) is 3.48. The lowest BCUT2D eigenvalue weighted by Crippen LogP contribution is -2.02. The summed E-state index contributed by atoms with van der Waals surface area (Å²) in [6.45, 7) is 0. The number of benzene rings is 2. The predicted octanol–water partition coefficient (Wildman–Crippen LogP) is 5.55. The Kier molecular flexibility index (Phi) is 3.44. The Hall–Kier alpha value is -1.16. The van der Waals surface area contributed by atoms with Crippen molar-refractivity contribution in [3.05, 3.63) is 68.5 Å². The fourth-order valence-electron chi connectivity index (χ4n) is 2.00. The Morgan fingerprint density at radius 3 is 2.63 bits per heavy atom. The van der Waals surface area contributed by atoms with E-state index in [1.54, 1.807) is 17.4 Å². The molecule has 0 N–H and O–H groups in total. The van der Waals surface area contributed by atoms with Gasteiger partial charge in [-0.2, -0.15) is 0 Å². The van der Waals surface area contributed by atoms with Gasteiger partial charge in [-0.1, -0.05) is 29.8 Å². The Morgan fingerprint density at radius 1 is 1.05 bits per heavy atom. The molecule has 0 bridgehead atoms. The van der Waals surface area contributed by atoms with Crippen molar-refractivity contribution in [1.82, 2.24) is 0 Å². The van der Waals surface area contributed by atoms with Crippen molar-refractivity contribution < 1.29 is 4.79 Å². The largest absolute Gasteiger partial charge is 0.288 e. The molecule has 0 atom stereocenters. The first-order valence-corrected chi connectivity index (χ1v) is 7.68. The van der Waals surface area contributed by atoms with E-state index in [4.69, 9.17) is 11.6 Å². The van der Waals surface area contributed by atoms with Crippen LogP contribution in [0.3, 0.4) is 0 Å². The topological polar surface area (TPSA) is 17.1 Å². The molecule has 4 heteroatoms. The minimum Gasteiger partial charge on any atom is -0.288 e. The standard InChI is InChI=1S/C15H8BrClOS/c16-12-6-2-4-10(13(12)17)14(18)11-5-1-3-9-7-8-19-15(9)11/h1-8H. The van der Waals surface area contributed by atoms with Crippen LogP contribution in [-0.2, 0) is 0 Å². The van der Waals surface area contributed by atoms with Crippen molar-refractivity contribution in [2.24, 2.45) is 0 Å². The number of carbonyl (C=O) groups is 1. The van der Waals surface area contributed by atoms with E-state index >= 15 is 0 Å². The van der Waals surface area contributed by atoms with Gasteiger partial charge in [-0.05, 0) is 51.0 Å².